The average Bonchev–Trinajstić information content (AvgIpc) is 3.25. The lowest BCUT2D eigenvalue weighted by atomic mass is 10.1. The Morgan fingerprint density at radius 2 is 1.70 bits per heavy atom. The van der Waals surface area contributed by atoms with Gasteiger partial charge in [0.2, 0.25) is 0 Å². The summed E-state index contributed by atoms with van der Waals surface area (Å²) in [5, 5.41) is 7.87. The minimum absolute atomic E-state index is 0.206. The number of carbonyl (C=O) groups is 1. The number of rotatable bonds is 6. The highest BCUT2D eigenvalue weighted by atomic mass is 35.5. The van der Waals surface area contributed by atoms with Gasteiger partial charge in [-0.25, -0.2) is 4.68 Å². The van der Waals surface area contributed by atoms with Crippen LogP contribution in [0.15, 0.2) is 60.8 Å². The second-order valence-corrected chi connectivity index (χ2v) is 8.08. The lowest BCUT2D eigenvalue weighted by Crippen LogP contribution is -2.43. The molecule has 1 amide bonds. The highest BCUT2D eigenvalue weighted by Gasteiger charge is 2.14. The molecule has 0 saturated carbocycles. The molecule has 4 rings (SSSR count). The van der Waals surface area contributed by atoms with Gasteiger partial charge < -0.3 is 10.2 Å². The molecule has 3 aromatic rings. The number of amides is 1. The van der Waals surface area contributed by atoms with E-state index in [-0.39, 0.29) is 5.91 Å². The van der Waals surface area contributed by atoms with Crippen LogP contribution in [0.5, 0.6) is 0 Å². The zero-order valence-corrected chi connectivity index (χ0v) is 17.8. The minimum atomic E-state index is -0.206. The lowest BCUT2D eigenvalue weighted by Gasteiger charge is -2.32. The largest absolute Gasteiger partial charge is 0.347 e. The number of piperazine rings is 1. The monoisotopic (exact) mass is 423 g/mol. The predicted molar refractivity (Wildman–Crippen MR) is 119 cm³/mol. The topological polar surface area (TPSA) is 53.4 Å². The summed E-state index contributed by atoms with van der Waals surface area (Å²) in [6.45, 7) is 5.89. The van der Waals surface area contributed by atoms with Gasteiger partial charge in [0.25, 0.3) is 5.91 Å². The molecule has 0 unspecified atom stereocenters. The highest BCUT2D eigenvalue weighted by Crippen LogP contribution is 2.19. The Labute approximate surface area is 182 Å². The van der Waals surface area contributed by atoms with E-state index in [0.29, 0.717) is 17.3 Å². The maximum atomic E-state index is 12.5. The Morgan fingerprint density at radius 3 is 2.43 bits per heavy atom. The molecule has 1 saturated heterocycles. The first-order valence-corrected chi connectivity index (χ1v) is 10.5. The molecule has 1 aromatic heterocycles. The van der Waals surface area contributed by atoms with E-state index in [9.17, 15) is 4.79 Å². The summed E-state index contributed by atoms with van der Waals surface area (Å²) in [6, 6.07) is 17.5. The van der Waals surface area contributed by atoms with Crippen LogP contribution < -0.4 is 5.32 Å². The molecule has 2 aromatic carbocycles. The van der Waals surface area contributed by atoms with Gasteiger partial charge in [-0.2, -0.15) is 5.10 Å². The maximum absolute atomic E-state index is 12.5. The number of aromatic nitrogens is 2. The molecule has 2 heterocycles. The molecule has 6 nitrogen and oxygen atoms in total. The molecule has 1 fully saturated rings. The van der Waals surface area contributed by atoms with Gasteiger partial charge in [-0.3, -0.25) is 9.69 Å². The van der Waals surface area contributed by atoms with Gasteiger partial charge in [-0.15, -0.1) is 0 Å². The first kappa shape index (κ1) is 20.6. The fourth-order valence-electron chi connectivity index (χ4n) is 3.52. The highest BCUT2D eigenvalue weighted by molar-refractivity contribution is 6.32. The van der Waals surface area contributed by atoms with Crippen LogP contribution in [-0.2, 0) is 13.1 Å². The number of nitrogens with zero attached hydrogens (tertiary/aromatic N) is 4. The van der Waals surface area contributed by atoms with E-state index in [1.807, 2.05) is 18.2 Å². The van der Waals surface area contributed by atoms with E-state index < -0.39 is 0 Å². The van der Waals surface area contributed by atoms with Crippen molar-refractivity contribution in [1.29, 1.82) is 0 Å². The van der Waals surface area contributed by atoms with Gasteiger partial charge in [-0.05, 0) is 36.4 Å². The Hall–Kier alpha value is -2.67. The van der Waals surface area contributed by atoms with Crippen LogP contribution >= 0.6 is 11.6 Å². The molecular weight excluding hydrogens is 398 g/mol. The first-order chi connectivity index (χ1) is 14.6. The van der Waals surface area contributed by atoms with Gasteiger partial charge in [0.05, 0.1) is 10.7 Å². The van der Waals surface area contributed by atoms with E-state index in [4.69, 9.17) is 11.6 Å². The fraction of sp³-hybridized carbons (Fsp3) is 0.304. The van der Waals surface area contributed by atoms with Crippen molar-refractivity contribution in [2.24, 2.45) is 0 Å². The molecular formula is C23H26ClN5O. The van der Waals surface area contributed by atoms with Gasteiger partial charge in [0.1, 0.15) is 0 Å². The third-order valence-corrected chi connectivity index (χ3v) is 5.72. The fourth-order valence-corrected chi connectivity index (χ4v) is 3.74. The number of hydrogen-bond acceptors (Lipinski definition) is 4. The molecule has 0 aliphatic carbocycles. The number of halogens is 1. The molecule has 156 valence electrons. The normalized spacial score (nSPS) is 15.3. The maximum Gasteiger partial charge on any atom is 0.272 e. The molecule has 1 aliphatic rings. The summed E-state index contributed by atoms with van der Waals surface area (Å²) in [6.07, 6.45) is 1.74. The Balaban J connectivity index is 1.30. The average molecular weight is 424 g/mol. The van der Waals surface area contributed by atoms with Crippen LogP contribution in [0.3, 0.4) is 0 Å². The van der Waals surface area contributed by atoms with E-state index in [2.05, 4.69) is 51.5 Å². The third kappa shape index (κ3) is 5.08. The lowest BCUT2D eigenvalue weighted by molar-refractivity contribution is 0.0945. The van der Waals surface area contributed by atoms with Crippen LogP contribution in [0, 0.1) is 0 Å². The quantitative estimate of drug-likeness (QED) is 0.661. The van der Waals surface area contributed by atoms with Crippen LogP contribution in [0.2, 0.25) is 5.02 Å². The second-order valence-electron chi connectivity index (χ2n) is 7.68. The number of para-hydroxylation sites is 1. The van der Waals surface area contributed by atoms with Crippen molar-refractivity contribution in [3.05, 3.63) is 82.6 Å². The first-order valence-electron chi connectivity index (χ1n) is 10.2. The van der Waals surface area contributed by atoms with Gasteiger partial charge in [0, 0.05) is 45.5 Å². The summed E-state index contributed by atoms with van der Waals surface area (Å²) in [7, 11) is 2.17. The molecule has 1 N–H and O–H groups in total. The van der Waals surface area contributed by atoms with E-state index in [1.54, 1.807) is 23.0 Å². The molecule has 0 radical (unpaired) electrons. The number of nitrogens with one attached hydrogen (secondary N) is 1. The van der Waals surface area contributed by atoms with Crippen molar-refractivity contribution in [2.75, 3.05) is 33.2 Å². The zero-order chi connectivity index (χ0) is 20.9. The van der Waals surface area contributed by atoms with E-state index in [0.717, 1.165) is 44.0 Å². The Kier molecular flexibility index (Phi) is 6.47. The number of carbonyl (C=O) groups excluding carboxylic acids is 1. The van der Waals surface area contributed by atoms with Crippen LogP contribution in [0.4, 0.5) is 0 Å². The van der Waals surface area contributed by atoms with Crippen LogP contribution in [0.1, 0.15) is 21.6 Å². The predicted octanol–water partition coefficient (Wildman–Crippen LogP) is 3.20. The van der Waals surface area contributed by atoms with Crippen LogP contribution in [0.25, 0.3) is 5.69 Å². The number of likely N-dealkylation sites (N-methyl/N-ethyl adjacent to an activating group) is 1. The summed E-state index contributed by atoms with van der Waals surface area (Å²) >= 11 is 6.20. The SMILES string of the molecule is CN1CCN(Cc2ccc(CNC(=O)c3ccn(-c4ccccc4Cl)n3)cc2)CC1. The molecule has 0 atom stereocenters. The summed E-state index contributed by atoms with van der Waals surface area (Å²) in [5.41, 5.74) is 3.47. The Morgan fingerprint density at radius 1 is 1.00 bits per heavy atom. The van der Waals surface area contributed by atoms with Crippen LogP contribution in [-0.4, -0.2) is 58.7 Å². The standard InChI is InChI=1S/C23H26ClN5O/c1-27-12-14-28(15-13-27)17-19-8-6-18(7-9-19)16-25-23(30)21-10-11-29(26-21)22-5-3-2-4-20(22)24/h2-11H,12-17H2,1H3,(H,25,30). The van der Waals surface area contributed by atoms with Crippen molar-refractivity contribution >= 4 is 17.5 Å². The number of hydrogen-bond donors (Lipinski definition) is 1. The van der Waals surface area contributed by atoms with E-state index in [1.165, 1.54) is 5.56 Å². The Bertz CT molecular complexity index is 993. The van der Waals surface area contributed by atoms with Gasteiger partial charge in [0.15, 0.2) is 5.69 Å². The minimum Gasteiger partial charge on any atom is -0.347 e. The summed E-state index contributed by atoms with van der Waals surface area (Å²) < 4.78 is 1.62. The smallest absolute Gasteiger partial charge is 0.272 e. The molecule has 7 heteroatoms. The van der Waals surface area contributed by atoms with Crippen molar-refractivity contribution in [1.82, 2.24) is 24.9 Å². The second kappa shape index (κ2) is 9.43. The molecule has 0 bridgehead atoms. The summed E-state index contributed by atoms with van der Waals surface area (Å²) in [4.78, 5) is 17.3. The zero-order valence-electron chi connectivity index (χ0n) is 17.1. The van der Waals surface area contributed by atoms with Crippen molar-refractivity contribution < 1.29 is 4.79 Å². The molecule has 0 spiro atoms. The van der Waals surface area contributed by atoms with Gasteiger partial charge in [-0.1, -0.05) is 48.0 Å². The summed E-state index contributed by atoms with van der Waals surface area (Å²) in [5.74, 6) is -0.206. The molecule has 30 heavy (non-hydrogen) atoms. The van der Waals surface area contributed by atoms with Crippen molar-refractivity contribution in [3.8, 4) is 5.69 Å². The van der Waals surface area contributed by atoms with E-state index >= 15 is 0 Å². The third-order valence-electron chi connectivity index (χ3n) is 5.40. The van der Waals surface area contributed by atoms with Gasteiger partial charge >= 0.3 is 0 Å². The van der Waals surface area contributed by atoms with Crippen molar-refractivity contribution in [2.45, 2.75) is 13.1 Å². The number of benzene rings is 2. The van der Waals surface area contributed by atoms with Crippen molar-refractivity contribution in [3.63, 3.8) is 0 Å². The molecule has 1 aliphatic heterocycles.